The van der Waals surface area contributed by atoms with Gasteiger partial charge >= 0.3 is 0 Å². The van der Waals surface area contributed by atoms with Crippen LogP contribution in [0.4, 0.5) is 0 Å². The molecule has 21 heavy (non-hydrogen) atoms. The van der Waals surface area contributed by atoms with Crippen molar-refractivity contribution in [3.05, 3.63) is 29.8 Å². The minimum absolute atomic E-state index is 0.000544. The highest BCUT2D eigenvalue weighted by molar-refractivity contribution is 7.89. The molecule has 1 N–H and O–H groups in total. The Labute approximate surface area is 126 Å². The SMILES string of the molecule is CON(C)S(=O)(=O)c1cccc(C(=O)NC(C)C(C)C)c1. The maximum atomic E-state index is 12.1. The van der Waals surface area contributed by atoms with Crippen molar-refractivity contribution in [2.45, 2.75) is 31.7 Å². The van der Waals surface area contributed by atoms with E-state index in [0.717, 1.165) is 4.47 Å². The average Bonchev–Trinajstić information content (AvgIpc) is 2.46. The summed E-state index contributed by atoms with van der Waals surface area (Å²) in [4.78, 5) is 16.8. The lowest BCUT2D eigenvalue weighted by Crippen LogP contribution is -2.36. The number of nitrogens with one attached hydrogen (secondary N) is 1. The molecule has 0 aliphatic heterocycles. The number of sulfonamides is 1. The molecule has 0 aliphatic rings. The largest absolute Gasteiger partial charge is 0.349 e. The second kappa shape index (κ2) is 7.02. The molecule has 1 rings (SSSR count). The van der Waals surface area contributed by atoms with E-state index in [4.69, 9.17) is 4.84 Å². The minimum atomic E-state index is -3.76. The molecule has 1 atom stereocenters. The van der Waals surface area contributed by atoms with Crippen LogP contribution in [0.25, 0.3) is 0 Å². The van der Waals surface area contributed by atoms with E-state index in [9.17, 15) is 13.2 Å². The smallest absolute Gasteiger partial charge is 0.264 e. The summed E-state index contributed by atoms with van der Waals surface area (Å²) in [7, 11) is -1.20. The van der Waals surface area contributed by atoms with Gasteiger partial charge in [-0.3, -0.25) is 9.63 Å². The van der Waals surface area contributed by atoms with Crippen LogP contribution in [-0.4, -0.2) is 39.0 Å². The zero-order chi connectivity index (χ0) is 16.2. The summed E-state index contributed by atoms with van der Waals surface area (Å²) in [5.74, 6) is -0.00573. The van der Waals surface area contributed by atoms with Crippen LogP contribution in [0.2, 0.25) is 0 Å². The third-order valence-electron chi connectivity index (χ3n) is 3.35. The third kappa shape index (κ3) is 4.26. The van der Waals surface area contributed by atoms with Crippen LogP contribution in [0.3, 0.4) is 0 Å². The van der Waals surface area contributed by atoms with Gasteiger partial charge in [0.2, 0.25) is 0 Å². The minimum Gasteiger partial charge on any atom is -0.349 e. The second-order valence-electron chi connectivity index (χ2n) is 5.13. The Bertz CT molecular complexity index is 599. The monoisotopic (exact) mass is 314 g/mol. The van der Waals surface area contributed by atoms with Crippen molar-refractivity contribution in [3.63, 3.8) is 0 Å². The highest BCUT2D eigenvalue weighted by Gasteiger charge is 2.22. The maximum Gasteiger partial charge on any atom is 0.264 e. The number of nitrogens with zero attached hydrogens (tertiary/aromatic N) is 1. The van der Waals surface area contributed by atoms with Gasteiger partial charge in [0.1, 0.15) is 0 Å². The highest BCUT2D eigenvalue weighted by Crippen LogP contribution is 2.16. The number of amides is 1. The number of hydrogen-bond acceptors (Lipinski definition) is 4. The van der Waals surface area contributed by atoms with Gasteiger partial charge in [-0.25, -0.2) is 8.42 Å². The molecular formula is C14H22N2O4S. The molecule has 0 aliphatic carbocycles. The number of hydroxylamine groups is 1. The third-order valence-corrected chi connectivity index (χ3v) is 5.02. The summed E-state index contributed by atoms with van der Waals surface area (Å²) in [6.07, 6.45) is 0. The molecule has 1 aromatic rings. The van der Waals surface area contributed by atoms with Crippen LogP contribution < -0.4 is 5.32 Å². The van der Waals surface area contributed by atoms with E-state index >= 15 is 0 Å². The van der Waals surface area contributed by atoms with Crippen molar-refractivity contribution >= 4 is 15.9 Å². The second-order valence-corrected chi connectivity index (χ2v) is 7.07. The lowest BCUT2D eigenvalue weighted by molar-refractivity contribution is -0.0258. The molecular weight excluding hydrogens is 292 g/mol. The number of carbonyl (C=O) groups is 1. The fourth-order valence-corrected chi connectivity index (χ4v) is 2.52. The lowest BCUT2D eigenvalue weighted by Gasteiger charge is -2.18. The predicted octanol–water partition coefficient (Wildman–Crippen LogP) is 1.64. The molecule has 6 nitrogen and oxygen atoms in total. The summed E-state index contributed by atoms with van der Waals surface area (Å²) in [5.41, 5.74) is 0.299. The van der Waals surface area contributed by atoms with Gasteiger partial charge in [-0.1, -0.05) is 24.4 Å². The van der Waals surface area contributed by atoms with Crippen LogP contribution in [0.5, 0.6) is 0 Å². The highest BCUT2D eigenvalue weighted by atomic mass is 32.2. The lowest BCUT2D eigenvalue weighted by atomic mass is 10.1. The Balaban J connectivity index is 3.04. The molecule has 1 aromatic carbocycles. The summed E-state index contributed by atoms with van der Waals surface area (Å²) in [6, 6.07) is 5.87. The Morgan fingerprint density at radius 1 is 1.29 bits per heavy atom. The molecule has 0 saturated heterocycles. The average molecular weight is 314 g/mol. The fourth-order valence-electron chi connectivity index (χ4n) is 1.50. The number of carbonyl (C=O) groups excluding carboxylic acids is 1. The van der Waals surface area contributed by atoms with Crippen molar-refractivity contribution in [1.82, 2.24) is 9.79 Å². The quantitative estimate of drug-likeness (QED) is 0.810. The topological polar surface area (TPSA) is 75.7 Å². The first kappa shape index (κ1) is 17.6. The van der Waals surface area contributed by atoms with Gasteiger partial charge in [0, 0.05) is 18.7 Å². The van der Waals surface area contributed by atoms with Crippen molar-refractivity contribution in [1.29, 1.82) is 0 Å². The first-order chi connectivity index (χ1) is 9.70. The Morgan fingerprint density at radius 2 is 1.90 bits per heavy atom. The van der Waals surface area contributed by atoms with Crippen LogP contribution in [-0.2, 0) is 14.9 Å². The van der Waals surface area contributed by atoms with Gasteiger partial charge in [0.05, 0.1) is 12.0 Å². The zero-order valence-electron chi connectivity index (χ0n) is 13.0. The summed E-state index contributed by atoms with van der Waals surface area (Å²) in [5, 5.41) is 2.84. The number of hydrogen-bond donors (Lipinski definition) is 1. The van der Waals surface area contributed by atoms with Crippen LogP contribution in [0, 0.1) is 5.92 Å². The first-order valence-electron chi connectivity index (χ1n) is 6.64. The van der Waals surface area contributed by atoms with Crippen molar-refractivity contribution in [3.8, 4) is 0 Å². The molecule has 1 unspecified atom stereocenters. The van der Waals surface area contributed by atoms with E-state index in [-0.39, 0.29) is 16.8 Å². The van der Waals surface area contributed by atoms with E-state index in [1.54, 1.807) is 6.07 Å². The van der Waals surface area contributed by atoms with E-state index < -0.39 is 10.0 Å². The molecule has 0 fully saturated rings. The molecule has 1 amide bonds. The molecule has 0 heterocycles. The molecule has 0 spiro atoms. The fraction of sp³-hybridized carbons (Fsp3) is 0.500. The molecule has 118 valence electrons. The standard InChI is InChI=1S/C14H22N2O4S/c1-10(2)11(3)15-14(17)12-7-6-8-13(9-12)21(18,19)16(4)20-5/h6-11H,1-5H3,(H,15,17). The molecule has 0 aromatic heterocycles. The summed E-state index contributed by atoms with van der Waals surface area (Å²) >= 11 is 0. The molecule has 0 saturated carbocycles. The molecule has 0 bridgehead atoms. The van der Waals surface area contributed by atoms with E-state index in [1.807, 2.05) is 20.8 Å². The maximum absolute atomic E-state index is 12.1. The van der Waals surface area contributed by atoms with Crippen LogP contribution in [0.15, 0.2) is 29.2 Å². The number of benzene rings is 1. The summed E-state index contributed by atoms with van der Waals surface area (Å²) < 4.78 is 25.0. The molecule has 0 radical (unpaired) electrons. The predicted molar refractivity (Wildman–Crippen MR) is 80.2 cm³/mol. The van der Waals surface area contributed by atoms with Gasteiger partial charge in [0.15, 0.2) is 0 Å². The Morgan fingerprint density at radius 3 is 2.43 bits per heavy atom. The molecule has 7 heteroatoms. The van der Waals surface area contributed by atoms with E-state index in [1.165, 1.54) is 32.4 Å². The Kier molecular flexibility index (Phi) is 5.88. The normalized spacial score (nSPS) is 13.5. The van der Waals surface area contributed by atoms with Gasteiger partial charge in [-0.15, -0.1) is 0 Å². The van der Waals surface area contributed by atoms with Crippen LogP contribution in [0.1, 0.15) is 31.1 Å². The summed E-state index contributed by atoms with van der Waals surface area (Å²) in [6.45, 7) is 5.90. The zero-order valence-corrected chi connectivity index (χ0v) is 13.8. The van der Waals surface area contributed by atoms with Gasteiger partial charge in [-0.05, 0) is 31.0 Å². The van der Waals surface area contributed by atoms with Crippen molar-refractivity contribution in [2.24, 2.45) is 5.92 Å². The first-order valence-corrected chi connectivity index (χ1v) is 8.08. The van der Waals surface area contributed by atoms with Gasteiger partial charge in [0.25, 0.3) is 15.9 Å². The Hall–Kier alpha value is -1.44. The van der Waals surface area contributed by atoms with Crippen molar-refractivity contribution in [2.75, 3.05) is 14.2 Å². The van der Waals surface area contributed by atoms with E-state index in [0.29, 0.717) is 11.5 Å². The van der Waals surface area contributed by atoms with E-state index in [2.05, 4.69) is 5.32 Å². The van der Waals surface area contributed by atoms with Gasteiger partial charge < -0.3 is 5.32 Å². The number of rotatable bonds is 6. The van der Waals surface area contributed by atoms with Crippen LogP contribution >= 0.6 is 0 Å². The van der Waals surface area contributed by atoms with Gasteiger partial charge in [-0.2, -0.15) is 0 Å². The van der Waals surface area contributed by atoms with Crippen molar-refractivity contribution < 1.29 is 18.0 Å².